The number of nitrogens with zero attached hydrogens (tertiary/aromatic N) is 15. The van der Waals surface area contributed by atoms with Crippen LogP contribution < -0.4 is 0 Å². The maximum atomic E-state index is 9.87. The van der Waals surface area contributed by atoms with Crippen molar-refractivity contribution in [2.24, 2.45) is 0 Å². The Balaban J connectivity index is -0.000000133. The van der Waals surface area contributed by atoms with Crippen LogP contribution in [0.5, 0.6) is 0 Å². The monoisotopic (exact) mass is 1650 g/mol. The molecule has 0 atom stereocenters. The maximum absolute atomic E-state index is 10.7. The van der Waals surface area contributed by atoms with Gasteiger partial charge in [0.2, 0.25) is 0 Å². The molecule has 6 aromatic rings. The Morgan fingerprint density at radius 1 is 0.242 bits per heavy atom. The molecule has 6 rings (SSSR count). The Morgan fingerprint density at radius 3 is 0.389 bits per heavy atom. The summed E-state index contributed by atoms with van der Waals surface area (Å²) < 4.78 is 237. The van der Waals surface area contributed by atoms with Crippen LogP contribution in [0.15, 0.2) is 146 Å². The van der Waals surface area contributed by atoms with Gasteiger partial charge in [-0.3, -0.25) is 39.7 Å². The fourth-order valence-electron chi connectivity index (χ4n) is 4.66. The van der Waals surface area contributed by atoms with Crippen molar-refractivity contribution in [1.82, 2.24) is 39.7 Å². The van der Waals surface area contributed by atoms with E-state index in [1.54, 1.807) is 42.5 Å². The maximum Gasteiger partial charge on any atom is 3.00 e. The molecule has 0 bridgehead atoms. The van der Waals surface area contributed by atoms with Gasteiger partial charge in [0.25, 0.3) is 0 Å². The number of pyridine rings is 6. The average Bonchev–Trinajstić information content (AvgIpc) is 0.816. The SMILES string of the molecule is CC#N.CC#N.CC#N.CC#N.CC#N.CC#N.CC#N.F[P-](F)(F)(F)(F)F.F[P-](F)(F)(F)(F)F.F[P-](F)(F)(F)(F)F.F[P-](F)(F)(F)(F)F.[Ru+3].[Ru+3].c1ccc(CN(Cc2ccccn2)Cc2ccccn2)nc1.c1ccc(CN(Cc2ccccn2)Cc2ccccn2)nc1. The van der Waals surface area contributed by atoms with Gasteiger partial charge < -0.3 is 0 Å². The zero-order chi connectivity index (χ0) is 74.7. The van der Waals surface area contributed by atoms with Crippen molar-refractivity contribution in [3.8, 4) is 42.5 Å². The number of nitriles is 7. The smallest absolute Gasteiger partial charge is 0.286 e. The zero-order valence-corrected chi connectivity index (χ0v) is 56.9. The first-order chi connectivity index (χ1) is 41.5. The molecule has 6 heterocycles. The van der Waals surface area contributed by atoms with E-state index in [1.807, 2.05) is 146 Å². The number of hydrogen-bond donors (Lipinski definition) is 0. The van der Waals surface area contributed by atoms with Crippen LogP contribution >= 0.6 is 31.2 Å². The molecule has 0 aromatic carbocycles. The molecule has 0 saturated heterocycles. The summed E-state index contributed by atoms with van der Waals surface area (Å²) in [5.74, 6) is 0. The van der Waals surface area contributed by atoms with E-state index < -0.39 is 31.2 Å². The summed E-state index contributed by atoms with van der Waals surface area (Å²) >= 11 is 0. The molecule has 0 saturated carbocycles. The summed E-state index contributed by atoms with van der Waals surface area (Å²) in [6, 6.07) is 48.2. The van der Waals surface area contributed by atoms with E-state index in [0.29, 0.717) is 0 Å². The minimum Gasteiger partial charge on any atom is -0.286 e. The van der Waals surface area contributed by atoms with E-state index in [-0.39, 0.29) is 39.0 Å². The fourth-order valence-corrected chi connectivity index (χ4v) is 4.66. The topological polar surface area (TPSA) is 250 Å². The predicted octanol–water partition coefficient (Wildman–Crippen LogP) is 23.4. The molecule has 0 spiro atoms. The summed E-state index contributed by atoms with van der Waals surface area (Å²) in [6.07, 6.45) is 11.0. The van der Waals surface area contributed by atoms with Crippen molar-refractivity contribution in [1.29, 1.82) is 36.8 Å². The summed E-state index contributed by atoms with van der Waals surface area (Å²) in [7, 11) is -42.6. The Bertz CT molecular complexity index is 2670. The molecule has 95 heavy (non-hydrogen) atoms. The molecule has 0 aliphatic rings. The van der Waals surface area contributed by atoms with Gasteiger partial charge in [0, 0.05) is 125 Å². The first-order valence-corrected chi connectivity index (χ1v) is 31.9. The second-order valence-corrected chi connectivity index (χ2v) is 23.3. The van der Waals surface area contributed by atoms with E-state index in [4.69, 9.17) is 36.8 Å². The summed E-state index contributed by atoms with van der Waals surface area (Å²) in [5.41, 5.74) is 6.30. The van der Waals surface area contributed by atoms with Gasteiger partial charge in [-0.2, -0.15) is 36.8 Å². The van der Waals surface area contributed by atoms with Crippen molar-refractivity contribution in [3.63, 3.8) is 0 Å². The second kappa shape index (κ2) is 44.3. The van der Waals surface area contributed by atoms with Gasteiger partial charge >= 0.3 is 171 Å². The van der Waals surface area contributed by atoms with Gasteiger partial charge in [0.05, 0.1) is 76.6 Å². The van der Waals surface area contributed by atoms with Gasteiger partial charge in [-0.25, -0.2) is 0 Å². The zero-order valence-electron chi connectivity index (χ0n) is 49.9. The van der Waals surface area contributed by atoms with Crippen molar-refractivity contribution in [2.75, 3.05) is 0 Å². The number of rotatable bonds is 12. The Labute approximate surface area is 555 Å². The Morgan fingerprint density at radius 2 is 0.326 bits per heavy atom. The third-order valence-electron chi connectivity index (χ3n) is 6.67. The Hall–Kier alpha value is -7.46. The molecule has 0 amide bonds. The van der Waals surface area contributed by atoms with E-state index in [9.17, 15) is 101 Å². The van der Waals surface area contributed by atoms with E-state index >= 15 is 0 Å². The van der Waals surface area contributed by atoms with Crippen LogP contribution in [-0.4, -0.2) is 39.7 Å². The van der Waals surface area contributed by atoms with Crippen molar-refractivity contribution >= 4 is 31.2 Å². The van der Waals surface area contributed by atoms with Crippen molar-refractivity contribution in [3.05, 3.63) is 181 Å². The Kier molecular flexibility index (Phi) is 49.6. The molecule has 0 aliphatic carbocycles. The van der Waals surface area contributed by atoms with Crippen LogP contribution in [-0.2, 0) is 78.2 Å². The molecule has 45 heteroatoms. The van der Waals surface area contributed by atoms with Gasteiger partial charge in [-0.05, 0) is 72.8 Å². The van der Waals surface area contributed by atoms with Gasteiger partial charge in [-0.15, -0.1) is 0 Å². The molecule has 0 unspecified atom stereocenters. The molecular weight excluding hydrogens is 1590 g/mol. The second-order valence-electron chi connectivity index (χ2n) is 15.6. The minimum atomic E-state index is -10.7. The molecule has 6 aromatic heterocycles. The minimum absolute atomic E-state index is 0. The van der Waals surface area contributed by atoms with E-state index in [0.717, 1.165) is 73.4 Å². The van der Waals surface area contributed by atoms with Crippen molar-refractivity contribution in [2.45, 2.75) is 87.7 Å². The number of aromatic nitrogens is 6. The first kappa shape index (κ1) is 106. The summed E-state index contributed by atoms with van der Waals surface area (Å²) in [5, 5.41) is 51.2. The first-order valence-electron chi connectivity index (χ1n) is 23.8. The quantitative estimate of drug-likeness (QED) is 0.0627. The van der Waals surface area contributed by atoms with Gasteiger partial charge in [-0.1, -0.05) is 36.4 Å². The molecular formula is C50H57F24N15P4Ru2+2. The molecule has 0 fully saturated rings. The van der Waals surface area contributed by atoms with E-state index in [1.165, 1.54) is 48.5 Å². The molecule has 0 N–H and O–H groups in total. The van der Waals surface area contributed by atoms with Crippen LogP contribution in [0, 0.1) is 79.3 Å². The third kappa shape index (κ3) is 148. The van der Waals surface area contributed by atoms with Crippen molar-refractivity contribution < 1.29 is 140 Å². The van der Waals surface area contributed by atoms with Crippen LogP contribution in [0.3, 0.4) is 0 Å². The third-order valence-corrected chi connectivity index (χ3v) is 6.67. The van der Waals surface area contributed by atoms with Crippen LogP contribution in [0.2, 0.25) is 0 Å². The molecule has 15 nitrogen and oxygen atoms in total. The summed E-state index contributed by atoms with van der Waals surface area (Å²) in [4.78, 5) is 31.1. The average molecular weight is 1650 g/mol. The largest absolute Gasteiger partial charge is 3.00 e. The predicted molar refractivity (Wildman–Crippen MR) is 305 cm³/mol. The van der Waals surface area contributed by atoms with Gasteiger partial charge in [0.15, 0.2) is 0 Å². The van der Waals surface area contributed by atoms with Gasteiger partial charge in [0.1, 0.15) is 0 Å². The van der Waals surface area contributed by atoms with Crippen LogP contribution in [0.4, 0.5) is 101 Å². The number of hydrogen-bond acceptors (Lipinski definition) is 15. The molecule has 0 aliphatic heterocycles. The fraction of sp³-hybridized carbons (Fsp3) is 0.260. The standard InChI is InChI=1S/2C18H18N4.7C2H3N.4F6P.2Ru/c2*1-4-10-19-16(7-1)13-22(14-17-8-2-5-11-20-17)15-18-9-3-6-12-21-18;7*1-2-3;4*1-7(2,3,4,5)6;;/h2*1-12H,13-15H2;7*1H3;;;;;;/q;;;;;;;;;4*-1;2*+3. The molecule has 534 valence electrons. The van der Waals surface area contributed by atoms with E-state index in [2.05, 4.69) is 39.7 Å². The number of halogens is 24. The normalized spacial score (nSPS) is 12.4. The summed E-state index contributed by atoms with van der Waals surface area (Å²) in [6.45, 7) is 14.6. The molecule has 2 radical (unpaired) electrons. The van der Waals surface area contributed by atoms with Crippen LogP contribution in [0.1, 0.15) is 82.6 Å². The van der Waals surface area contributed by atoms with Crippen LogP contribution in [0.25, 0.3) is 0 Å².